The van der Waals surface area contributed by atoms with Crippen LogP contribution in [-0.4, -0.2) is 37.5 Å². The molecule has 1 saturated heterocycles. The van der Waals surface area contributed by atoms with Crippen LogP contribution in [0.15, 0.2) is 63.9 Å². The average molecular weight is 681 g/mol. The molecular formula is C36H27F3N6O3S. The first kappa shape index (κ1) is 29.8. The number of carbonyl (C=O) groups is 1. The van der Waals surface area contributed by atoms with Crippen LogP contribution in [0.1, 0.15) is 69.8 Å². The highest BCUT2D eigenvalue weighted by molar-refractivity contribution is 7.23. The largest absolute Gasteiger partial charge is 0.434 e. The third kappa shape index (κ3) is 4.94. The number of pyridine rings is 2. The number of hydrogen-bond donors (Lipinski definition) is 2. The molecule has 2 aromatic carbocycles. The summed E-state index contributed by atoms with van der Waals surface area (Å²) in [5, 5.41) is 10.9. The Morgan fingerprint density at radius 2 is 1.82 bits per heavy atom. The lowest BCUT2D eigenvalue weighted by Gasteiger charge is -2.16. The zero-order valence-electron chi connectivity index (χ0n) is 25.9. The lowest BCUT2D eigenvalue weighted by molar-refractivity contribution is 0.0776. The molecule has 9 nitrogen and oxygen atoms in total. The van der Waals surface area contributed by atoms with Gasteiger partial charge in [0, 0.05) is 23.2 Å². The van der Waals surface area contributed by atoms with E-state index in [1.165, 1.54) is 35.6 Å². The van der Waals surface area contributed by atoms with E-state index in [0.29, 0.717) is 71.7 Å². The van der Waals surface area contributed by atoms with Crippen molar-refractivity contribution >= 4 is 33.1 Å². The first-order valence-electron chi connectivity index (χ1n) is 16.1. The van der Waals surface area contributed by atoms with Crippen LogP contribution in [0.5, 0.6) is 0 Å². The number of benzene rings is 2. The molecule has 2 atom stereocenters. The summed E-state index contributed by atoms with van der Waals surface area (Å²) in [7, 11) is 0. The van der Waals surface area contributed by atoms with Gasteiger partial charge in [-0.25, -0.2) is 28.0 Å². The maximum Gasteiger partial charge on any atom is 0.434 e. The van der Waals surface area contributed by atoms with Gasteiger partial charge in [0.05, 0.1) is 39.3 Å². The fourth-order valence-corrected chi connectivity index (χ4v) is 8.73. The van der Waals surface area contributed by atoms with E-state index in [-0.39, 0.29) is 29.7 Å². The van der Waals surface area contributed by atoms with Crippen molar-refractivity contribution in [3.8, 4) is 21.9 Å². The van der Waals surface area contributed by atoms with E-state index >= 15 is 0 Å². The standard InChI is InChI=1S/C36H27F3N6O3S/c37-20-7-3-17(4-8-20)5-9-25-28(34-43-44-36(47)48-34)29(30-31(41-25)26-2-1-13-45(26)35(30)46)27-15-19-11-12-40-33(32(19)49-27)42-24-10-6-18-14-22(38)23(39)16-21(18)24/h3-4,7-8,11-12,14-16,24,26H,1-2,5-6,9-10,13H2,(H,40,42)(H,44,47)/t24-,26?/m1/s1. The van der Waals surface area contributed by atoms with Crippen LogP contribution < -0.4 is 11.1 Å². The highest BCUT2D eigenvalue weighted by Crippen LogP contribution is 2.50. The van der Waals surface area contributed by atoms with Crippen molar-refractivity contribution < 1.29 is 22.4 Å². The molecule has 1 unspecified atom stereocenters. The second-order valence-corrected chi connectivity index (χ2v) is 13.7. The lowest BCUT2D eigenvalue weighted by Crippen LogP contribution is -2.22. The first-order chi connectivity index (χ1) is 23.8. The van der Waals surface area contributed by atoms with E-state index in [2.05, 4.69) is 20.5 Å². The van der Waals surface area contributed by atoms with Gasteiger partial charge in [-0.3, -0.25) is 9.78 Å². The molecule has 2 N–H and O–H groups in total. The van der Waals surface area contributed by atoms with Crippen LogP contribution >= 0.6 is 11.3 Å². The number of aryl methyl sites for hydroxylation is 3. The van der Waals surface area contributed by atoms with Gasteiger partial charge < -0.3 is 14.6 Å². The van der Waals surface area contributed by atoms with Crippen LogP contribution in [0.2, 0.25) is 0 Å². The number of nitrogens with zero attached hydrogens (tertiary/aromatic N) is 4. The zero-order valence-corrected chi connectivity index (χ0v) is 26.7. The summed E-state index contributed by atoms with van der Waals surface area (Å²) in [4.78, 5) is 38.7. The molecule has 9 rings (SSSR count). The van der Waals surface area contributed by atoms with Crippen LogP contribution in [0.25, 0.3) is 32.0 Å². The van der Waals surface area contributed by atoms with E-state index in [1.54, 1.807) is 18.3 Å². The van der Waals surface area contributed by atoms with Crippen LogP contribution in [-0.2, 0) is 19.3 Å². The molecule has 1 fully saturated rings. The van der Waals surface area contributed by atoms with Gasteiger partial charge in [0.2, 0.25) is 0 Å². The lowest BCUT2D eigenvalue weighted by atomic mass is 9.93. The minimum atomic E-state index is -0.887. The number of hydrogen-bond acceptors (Lipinski definition) is 8. The number of rotatable bonds is 7. The highest BCUT2D eigenvalue weighted by atomic mass is 32.1. The molecule has 2 aliphatic heterocycles. The van der Waals surface area contributed by atoms with E-state index in [9.17, 15) is 22.8 Å². The molecule has 4 aromatic heterocycles. The summed E-state index contributed by atoms with van der Waals surface area (Å²) in [6.07, 6.45) is 5.54. The summed E-state index contributed by atoms with van der Waals surface area (Å²) in [5.74, 6) is -2.34. The van der Waals surface area contributed by atoms with Crippen LogP contribution in [0.4, 0.5) is 19.0 Å². The third-order valence-electron chi connectivity index (χ3n) is 9.81. The Morgan fingerprint density at radius 1 is 0.980 bits per heavy atom. The van der Waals surface area contributed by atoms with Crippen molar-refractivity contribution in [2.45, 2.75) is 50.6 Å². The Balaban J connectivity index is 1.21. The SMILES string of the molecule is O=C1c2c(nc(CCc3ccc(F)cc3)c(-c3n[nH]c(=O)o3)c2-c2cc3ccnc(N[C@@H]4CCc5cc(F)c(F)cc54)c3s2)C2CCCN12. The van der Waals surface area contributed by atoms with E-state index in [0.717, 1.165) is 38.9 Å². The quantitative estimate of drug-likeness (QED) is 0.182. The molecule has 6 heterocycles. The molecule has 0 bridgehead atoms. The number of thiophene rings is 1. The maximum absolute atomic E-state index is 14.2. The molecule has 246 valence electrons. The van der Waals surface area contributed by atoms with Crippen molar-refractivity contribution in [3.05, 3.63) is 116 Å². The molecule has 49 heavy (non-hydrogen) atoms. The van der Waals surface area contributed by atoms with E-state index < -0.39 is 17.4 Å². The van der Waals surface area contributed by atoms with Crippen LogP contribution in [0.3, 0.4) is 0 Å². The number of nitrogens with one attached hydrogen (secondary N) is 2. The van der Waals surface area contributed by atoms with Gasteiger partial charge in [0.25, 0.3) is 11.8 Å². The normalized spacial score (nSPS) is 17.9. The zero-order chi connectivity index (χ0) is 33.4. The van der Waals surface area contributed by atoms with Gasteiger partial charge >= 0.3 is 5.76 Å². The van der Waals surface area contributed by atoms with Gasteiger partial charge in [-0.05, 0) is 97.0 Å². The predicted molar refractivity (Wildman–Crippen MR) is 177 cm³/mol. The minimum absolute atomic E-state index is 0.0232. The number of anilines is 1. The molecule has 0 saturated carbocycles. The van der Waals surface area contributed by atoms with Crippen molar-refractivity contribution in [1.29, 1.82) is 0 Å². The van der Waals surface area contributed by atoms with Crippen molar-refractivity contribution in [2.75, 3.05) is 11.9 Å². The molecule has 1 aliphatic carbocycles. The number of halogens is 3. The van der Waals surface area contributed by atoms with Crippen molar-refractivity contribution in [2.24, 2.45) is 0 Å². The maximum atomic E-state index is 14.2. The van der Waals surface area contributed by atoms with Gasteiger partial charge in [-0.2, -0.15) is 0 Å². The molecule has 3 aliphatic rings. The fourth-order valence-electron chi connectivity index (χ4n) is 7.56. The number of fused-ring (bicyclic) bond motifs is 5. The summed E-state index contributed by atoms with van der Waals surface area (Å²) in [6.45, 7) is 0.620. The number of H-pyrrole nitrogens is 1. The molecule has 0 spiro atoms. The Hall–Kier alpha value is -5.30. The molecule has 6 aromatic rings. The third-order valence-corrected chi connectivity index (χ3v) is 11.0. The molecule has 0 radical (unpaired) electrons. The summed E-state index contributed by atoms with van der Waals surface area (Å²) in [5.41, 5.74) is 5.17. The highest BCUT2D eigenvalue weighted by Gasteiger charge is 2.45. The first-order valence-corrected chi connectivity index (χ1v) is 17.0. The number of aromatic nitrogens is 4. The van der Waals surface area contributed by atoms with Crippen LogP contribution in [0, 0.1) is 17.5 Å². The second kappa shape index (κ2) is 11.4. The Morgan fingerprint density at radius 3 is 2.63 bits per heavy atom. The topological polar surface area (TPSA) is 117 Å². The molecular weight excluding hydrogens is 653 g/mol. The Bertz CT molecular complexity index is 2370. The van der Waals surface area contributed by atoms with Crippen molar-refractivity contribution in [3.63, 3.8) is 0 Å². The molecule has 1 amide bonds. The Kier molecular flexibility index (Phi) is 6.94. The molecule has 13 heteroatoms. The predicted octanol–water partition coefficient (Wildman–Crippen LogP) is 7.29. The van der Waals surface area contributed by atoms with Gasteiger partial charge in [0.15, 0.2) is 11.6 Å². The van der Waals surface area contributed by atoms with Gasteiger partial charge in [-0.15, -0.1) is 16.4 Å². The summed E-state index contributed by atoms with van der Waals surface area (Å²) in [6, 6.07) is 12.2. The van der Waals surface area contributed by atoms with Gasteiger partial charge in [-0.1, -0.05) is 12.1 Å². The van der Waals surface area contributed by atoms with E-state index in [1.807, 2.05) is 17.0 Å². The van der Waals surface area contributed by atoms with Crippen molar-refractivity contribution in [1.82, 2.24) is 25.1 Å². The Labute approximate surface area is 280 Å². The smallest absolute Gasteiger partial charge is 0.388 e. The monoisotopic (exact) mass is 680 g/mol. The number of aromatic amines is 1. The number of carbonyl (C=O) groups excluding carboxylic acids is 1. The summed E-state index contributed by atoms with van der Waals surface area (Å²) >= 11 is 1.43. The minimum Gasteiger partial charge on any atom is -0.388 e. The summed E-state index contributed by atoms with van der Waals surface area (Å²) < 4.78 is 48.2. The average Bonchev–Trinajstić information content (AvgIpc) is 3.93. The van der Waals surface area contributed by atoms with E-state index in [4.69, 9.17) is 9.40 Å². The number of amides is 1. The fraction of sp³-hybridized carbons (Fsp3) is 0.250. The second-order valence-electron chi connectivity index (χ2n) is 12.7. The van der Waals surface area contributed by atoms with Gasteiger partial charge in [0.1, 0.15) is 11.6 Å².